The van der Waals surface area contributed by atoms with Crippen LogP contribution in [0.5, 0.6) is 5.75 Å². The summed E-state index contributed by atoms with van der Waals surface area (Å²) < 4.78 is 40.7. The number of rotatable bonds is 4. The first-order chi connectivity index (χ1) is 16.7. The summed E-state index contributed by atoms with van der Waals surface area (Å²) in [5, 5.41) is 10.6. The highest BCUT2D eigenvalue weighted by atomic mass is 19.4. The van der Waals surface area contributed by atoms with Crippen molar-refractivity contribution in [1.29, 1.82) is 0 Å². The van der Waals surface area contributed by atoms with E-state index in [2.05, 4.69) is 20.1 Å². The molecule has 0 aliphatic carbocycles. The van der Waals surface area contributed by atoms with Gasteiger partial charge < -0.3 is 14.5 Å². The molecule has 0 saturated carbocycles. The van der Waals surface area contributed by atoms with Gasteiger partial charge in [-0.15, -0.1) is 13.2 Å². The number of nitrogens with zero attached hydrogens (tertiary/aromatic N) is 4. The van der Waals surface area contributed by atoms with Crippen molar-refractivity contribution in [3.8, 4) is 5.75 Å². The van der Waals surface area contributed by atoms with Gasteiger partial charge in [0.25, 0.3) is 5.91 Å². The minimum absolute atomic E-state index is 0.0593. The Balaban J connectivity index is 1.17. The molecule has 2 aliphatic heterocycles. The van der Waals surface area contributed by atoms with Crippen LogP contribution in [0.25, 0.3) is 17.1 Å². The average Bonchev–Trinajstić information content (AvgIpc) is 3.48. The van der Waals surface area contributed by atoms with Crippen molar-refractivity contribution in [1.82, 2.24) is 25.2 Å². The highest BCUT2D eigenvalue weighted by molar-refractivity contribution is 5.97. The number of benzene rings is 2. The van der Waals surface area contributed by atoms with E-state index in [4.69, 9.17) is 0 Å². The van der Waals surface area contributed by atoms with Crippen LogP contribution in [-0.2, 0) is 4.79 Å². The summed E-state index contributed by atoms with van der Waals surface area (Å²) >= 11 is 0. The summed E-state index contributed by atoms with van der Waals surface area (Å²) in [7, 11) is 0. The number of likely N-dealkylation sites (tertiary alicyclic amines) is 2. The zero-order chi connectivity index (χ0) is 24.6. The second-order valence-corrected chi connectivity index (χ2v) is 8.78. The van der Waals surface area contributed by atoms with Crippen LogP contribution in [0, 0.1) is 11.8 Å². The molecule has 0 radical (unpaired) electrons. The molecule has 2 aliphatic rings. The van der Waals surface area contributed by atoms with Crippen molar-refractivity contribution < 1.29 is 27.5 Å². The number of aromatic nitrogens is 3. The quantitative estimate of drug-likeness (QED) is 0.572. The Bertz CT molecular complexity index is 1270. The number of piperidine rings is 1. The first-order valence-corrected chi connectivity index (χ1v) is 11.2. The molecule has 2 saturated heterocycles. The number of fused-ring (bicyclic) bond motifs is 2. The van der Waals surface area contributed by atoms with Gasteiger partial charge in [0.2, 0.25) is 5.91 Å². The maximum atomic E-state index is 13.0. The average molecular weight is 485 g/mol. The number of hydrogen-bond donors (Lipinski definition) is 1. The molecule has 8 nitrogen and oxygen atoms in total. The molecule has 0 unspecified atom stereocenters. The minimum atomic E-state index is -4.75. The van der Waals surface area contributed by atoms with Gasteiger partial charge in [-0.3, -0.25) is 9.59 Å². The first-order valence-electron chi connectivity index (χ1n) is 11.2. The number of amides is 2. The van der Waals surface area contributed by atoms with Crippen molar-refractivity contribution >= 4 is 28.9 Å². The highest BCUT2D eigenvalue weighted by Gasteiger charge is 2.39. The molecule has 2 atom stereocenters. The number of aromatic amines is 1. The first kappa shape index (κ1) is 22.9. The smallest absolute Gasteiger partial charge is 0.406 e. The molecular weight excluding hydrogens is 463 g/mol. The fourth-order valence-corrected chi connectivity index (χ4v) is 4.74. The lowest BCUT2D eigenvalue weighted by atomic mass is 9.88. The van der Waals surface area contributed by atoms with Crippen LogP contribution in [-0.4, -0.2) is 69.6 Å². The van der Waals surface area contributed by atoms with E-state index >= 15 is 0 Å². The van der Waals surface area contributed by atoms with Crippen molar-refractivity contribution in [2.45, 2.75) is 12.8 Å². The second kappa shape index (κ2) is 9.05. The Hall–Kier alpha value is -3.89. The predicted molar refractivity (Wildman–Crippen MR) is 120 cm³/mol. The Kier molecular flexibility index (Phi) is 5.91. The predicted octanol–water partition coefficient (Wildman–Crippen LogP) is 3.49. The Morgan fingerprint density at radius 3 is 2.46 bits per heavy atom. The molecule has 182 valence electrons. The Labute approximate surface area is 198 Å². The van der Waals surface area contributed by atoms with Crippen LogP contribution in [0.15, 0.2) is 48.5 Å². The lowest BCUT2D eigenvalue weighted by molar-refractivity contribution is -0.274. The molecule has 2 aromatic carbocycles. The van der Waals surface area contributed by atoms with Gasteiger partial charge in [-0.05, 0) is 60.2 Å². The van der Waals surface area contributed by atoms with Crippen LogP contribution in [0.2, 0.25) is 0 Å². The van der Waals surface area contributed by atoms with E-state index in [1.54, 1.807) is 29.2 Å². The SMILES string of the molecule is O=C(/C=C/c1ccc(OC(F)(F)F)cc1)N1C[C@H]2CCN(C(=O)c3ccc4n[nH]nc4c3)C[C@@H]2C1. The van der Waals surface area contributed by atoms with E-state index in [-0.39, 0.29) is 23.5 Å². The van der Waals surface area contributed by atoms with Crippen LogP contribution in [0.1, 0.15) is 22.3 Å². The minimum Gasteiger partial charge on any atom is -0.406 e. The largest absolute Gasteiger partial charge is 0.573 e. The number of nitrogens with one attached hydrogen (secondary N) is 1. The summed E-state index contributed by atoms with van der Waals surface area (Å²) in [5.41, 5.74) is 2.48. The van der Waals surface area contributed by atoms with E-state index in [0.717, 1.165) is 6.42 Å². The molecule has 3 aromatic rings. The van der Waals surface area contributed by atoms with Crippen molar-refractivity contribution in [2.75, 3.05) is 26.2 Å². The molecule has 35 heavy (non-hydrogen) atoms. The van der Waals surface area contributed by atoms with E-state index < -0.39 is 6.36 Å². The van der Waals surface area contributed by atoms with E-state index in [1.807, 2.05) is 4.90 Å². The molecule has 2 fully saturated rings. The second-order valence-electron chi connectivity index (χ2n) is 8.78. The number of alkyl halides is 3. The number of H-pyrrole nitrogens is 1. The molecule has 0 spiro atoms. The van der Waals surface area contributed by atoms with Crippen LogP contribution in [0.3, 0.4) is 0 Å². The third-order valence-corrected chi connectivity index (χ3v) is 6.50. The normalized spacial score (nSPS) is 20.4. The summed E-state index contributed by atoms with van der Waals surface area (Å²) in [6, 6.07) is 10.5. The Morgan fingerprint density at radius 1 is 0.971 bits per heavy atom. The highest BCUT2D eigenvalue weighted by Crippen LogP contribution is 2.32. The number of carbonyl (C=O) groups is 2. The third kappa shape index (κ3) is 5.13. The number of ether oxygens (including phenoxy) is 1. The molecular formula is C24H22F3N5O3. The van der Waals surface area contributed by atoms with Gasteiger partial charge in [-0.1, -0.05) is 12.1 Å². The van der Waals surface area contributed by atoms with Gasteiger partial charge in [-0.25, -0.2) is 0 Å². The zero-order valence-corrected chi connectivity index (χ0v) is 18.5. The summed E-state index contributed by atoms with van der Waals surface area (Å²) in [6.45, 7) is 2.38. The van der Waals surface area contributed by atoms with E-state index in [0.29, 0.717) is 54.3 Å². The van der Waals surface area contributed by atoms with Gasteiger partial charge >= 0.3 is 6.36 Å². The number of carbonyl (C=O) groups excluding carboxylic acids is 2. The zero-order valence-electron chi connectivity index (χ0n) is 18.5. The van der Waals surface area contributed by atoms with Crippen molar-refractivity contribution in [3.63, 3.8) is 0 Å². The molecule has 3 heterocycles. The molecule has 5 rings (SSSR count). The van der Waals surface area contributed by atoms with Gasteiger partial charge in [0.05, 0.1) is 0 Å². The topological polar surface area (TPSA) is 91.4 Å². The summed E-state index contributed by atoms with van der Waals surface area (Å²) in [5.74, 6) is -0.0159. The molecule has 1 aromatic heterocycles. The molecule has 2 amide bonds. The maximum absolute atomic E-state index is 13.0. The summed E-state index contributed by atoms with van der Waals surface area (Å²) in [6.07, 6.45) is -0.938. The van der Waals surface area contributed by atoms with Gasteiger partial charge in [0.15, 0.2) is 0 Å². The Morgan fingerprint density at radius 2 is 1.69 bits per heavy atom. The lowest BCUT2D eigenvalue weighted by Crippen LogP contribution is -2.43. The standard InChI is InChI=1S/C24H22F3N5O3/c25-24(26,27)35-19-5-1-15(2-6-19)3-8-22(33)32-12-17-9-10-31(13-18(17)14-32)23(34)16-4-7-20-21(11-16)29-30-28-20/h1-8,11,17-18H,9-10,12-14H2,(H,28,29,30)/b8-3+/t17-,18-/m1/s1. The number of hydrogen-bond acceptors (Lipinski definition) is 5. The van der Waals surface area contributed by atoms with Crippen LogP contribution >= 0.6 is 0 Å². The van der Waals surface area contributed by atoms with Crippen molar-refractivity contribution in [2.24, 2.45) is 11.8 Å². The maximum Gasteiger partial charge on any atom is 0.573 e. The third-order valence-electron chi connectivity index (χ3n) is 6.50. The van der Waals surface area contributed by atoms with Crippen LogP contribution < -0.4 is 4.74 Å². The molecule has 11 heteroatoms. The van der Waals surface area contributed by atoms with Gasteiger partial charge in [0, 0.05) is 37.8 Å². The fourth-order valence-electron chi connectivity index (χ4n) is 4.74. The monoisotopic (exact) mass is 485 g/mol. The van der Waals surface area contributed by atoms with Crippen LogP contribution in [0.4, 0.5) is 13.2 Å². The van der Waals surface area contributed by atoms with Gasteiger partial charge in [-0.2, -0.15) is 15.4 Å². The number of halogens is 3. The van der Waals surface area contributed by atoms with Crippen molar-refractivity contribution in [3.05, 3.63) is 59.7 Å². The van der Waals surface area contributed by atoms with E-state index in [9.17, 15) is 22.8 Å². The van der Waals surface area contributed by atoms with Gasteiger partial charge in [0.1, 0.15) is 16.8 Å². The molecule has 0 bridgehead atoms. The lowest BCUT2D eigenvalue weighted by Gasteiger charge is -2.34. The van der Waals surface area contributed by atoms with E-state index in [1.165, 1.54) is 30.3 Å². The fraction of sp³-hybridized carbons (Fsp3) is 0.333. The molecule has 1 N–H and O–H groups in total. The summed E-state index contributed by atoms with van der Waals surface area (Å²) in [4.78, 5) is 29.4.